The van der Waals surface area contributed by atoms with Crippen LogP contribution in [0.1, 0.15) is 44.3 Å². The molecule has 0 aliphatic rings. The molecule has 1 aromatic carbocycles. The molecule has 1 aromatic heterocycles. The van der Waals surface area contributed by atoms with Gasteiger partial charge in [0.2, 0.25) is 0 Å². The Bertz CT molecular complexity index is 676. The van der Waals surface area contributed by atoms with Gasteiger partial charge in [0.15, 0.2) is 11.5 Å². The van der Waals surface area contributed by atoms with Gasteiger partial charge in [0, 0.05) is 11.5 Å². The molecule has 4 heteroatoms. The van der Waals surface area contributed by atoms with E-state index < -0.39 is 0 Å². The van der Waals surface area contributed by atoms with Gasteiger partial charge in [-0.15, -0.1) is 0 Å². The van der Waals surface area contributed by atoms with E-state index in [1.54, 1.807) is 14.2 Å². The van der Waals surface area contributed by atoms with Crippen molar-refractivity contribution in [1.29, 1.82) is 0 Å². The summed E-state index contributed by atoms with van der Waals surface area (Å²) in [5.41, 5.74) is 1.25. The summed E-state index contributed by atoms with van der Waals surface area (Å²) in [7, 11) is 3.32. The molecule has 25 heavy (non-hydrogen) atoms. The molecular weight excluding hydrogens is 314 g/mol. The average Bonchev–Trinajstić information content (AvgIpc) is 3.01. The largest absolute Gasteiger partial charge is 0.493 e. The second kappa shape index (κ2) is 8.43. The normalized spacial score (nSPS) is 12.9. The van der Waals surface area contributed by atoms with Crippen LogP contribution >= 0.6 is 0 Å². The molecule has 138 valence electrons. The number of hydrogen-bond acceptors (Lipinski definition) is 4. The lowest BCUT2D eigenvalue weighted by atomic mass is 9.83. The SMILES string of the molecule is COc1ccc(CCN[C@@H](C)CC(C)(C)c2ccc(C)o2)cc1OC. The first kappa shape index (κ1) is 19.4. The summed E-state index contributed by atoms with van der Waals surface area (Å²) < 4.78 is 16.5. The van der Waals surface area contributed by atoms with E-state index in [9.17, 15) is 0 Å². The number of ether oxygens (including phenoxy) is 2. The van der Waals surface area contributed by atoms with Gasteiger partial charge in [0.05, 0.1) is 14.2 Å². The van der Waals surface area contributed by atoms with Gasteiger partial charge in [-0.1, -0.05) is 19.9 Å². The van der Waals surface area contributed by atoms with Crippen LogP contribution in [0.5, 0.6) is 11.5 Å². The molecule has 0 unspecified atom stereocenters. The van der Waals surface area contributed by atoms with Gasteiger partial charge in [-0.2, -0.15) is 0 Å². The maximum atomic E-state index is 5.82. The summed E-state index contributed by atoms with van der Waals surface area (Å²) >= 11 is 0. The third-order valence-electron chi connectivity index (χ3n) is 4.58. The number of rotatable bonds is 9. The lowest BCUT2D eigenvalue weighted by Gasteiger charge is -2.26. The summed E-state index contributed by atoms with van der Waals surface area (Å²) in [6.45, 7) is 9.61. The first-order valence-corrected chi connectivity index (χ1v) is 8.87. The number of benzene rings is 1. The fraction of sp³-hybridized carbons (Fsp3) is 0.524. The van der Waals surface area contributed by atoms with E-state index >= 15 is 0 Å². The van der Waals surface area contributed by atoms with Crippen molar-refractivity contribution in [3.63, 3.8) is 0 Å². The summed E-state index contributed by atoms with van der Waals surface area (Å²) in [6, 6.07) is 10.6. The van der Waals surface area contributed by atoms with E-state index in [4.69, 9.17) is 13.9 Å². The Kier molecular flexibility index (Phi) is 6.54. The lowest BCUT2D eigenvalue weighted by molar-refractivity contribution is 0.320. The molecule has 0 radical (unpaired) electrons. The van der Waals surface area contributed by atoms with Crippen LogP contribution in [0.15, 0.2) is 34.7 Å². The van der Waals surface area contributed by atoms with Crippen LogP contribution in [0.25, 0.3) is 0 Å². The Labute approximate surface area is 151 Å². The van der Waals surface area contributed by atoms with Crippen LogP contribution in [0, 0.1) is 6.92 Å². The Morgan fingerprint density at radius 2 is 1.80 bits per heavy atom. The zero-order valence-electron chi connectivity index (χ0n) is 16.3. The van der Waals surface area contributed by atoms with Gasteiger partial charge >= 0.3 is 0 Å². The molecule has 0 bridgehead atoms. The summed E-state index contributed by atoms with van der Waals surface area (Å²) in [6.07, 6.45) is 1.97. The van der Waals surface area contributed by atoms with E-state index in [0.29, 0.717) is 6.04 Å². The summed E-state index contributed by atoms with van der Waals surface area (Å²) in [5.74, 6) is 3.57. The minimum Gasteiger partial charge on any atom is -0.493 e. The van der Waals surface area contributed by atoms with Gasteiger partial charge in [-0.05, 0) is 63.1 Å². The van der Waals surface area contributed by atoms with Crippen molar-refractivity contribution in [2.24, 2.45) is 0 Å². The van der Waals surface area contributed by atoms with Gasteiger partial charge in [-0.25, -0.2) is 0 Å². The van der Waals surface area contributed by atoms with Gasteiger partial charge in [0.1, 0.15) is 11.5 Å². The highest BCUT2D eigenvalue weighted by atomic mass is 16.5. The topological polar surface area (TPSA) is 43.6 Å². The minimum atomic E-state index is 0.0179. The molecule has 1 atom stereocenters. The monoisotopic (exact) mass is 345 g/mol. The van der Waals surface area contributed by atoms with E-state index in [-0.39, 0.29) is 5.41 Å². The van der Waals surface area contributed by atoms with Crippen molar-refractivity contribution in [2.75, 3.05) is 20.8 Å². The van der Waals surface area contributed by atoms with Crippen molar-refractivity contribution in [1.82, 2.24) is 5.32 Å². The Morgan fingerprint density at radius 3 is 2.40 bits per heavy atom. The van der Waals surface area contributed by atoms with E-state index in [2.05, 4.69) is 38.2 Å². The fourth-order valence-electron chi connectivity index (χ4n) is 3.24. The van der Waals surface area contributed by atoms with Crippen LogP contribution in [-0.2, 0) is 11.8 Å². The quantitative estimate of drug-likeness (QED) is 0.727. The van der Waals surface area contributed by atoms with Crippen LogP contribution in [0.3, 0.4) is 0 Å². The van der Waals surface area contributed by atoms with Gasteiger partial charge in [-0.3, -0.25) is 0 Å². The van der Waals surface area contributed by atoms with Crippen LogP contribution in [0.2, 0.25) is 0 Å². The highest BCUT2D eigenvalue weighted by Crippen LogP contribution is 2.30. The molecular formula is C21H31NO3. The third kappa shape index (κ3) is 5.27. The first-order chi connectivity index (χ1) is 11.9. The molecule has 0 spiro atoms. The smallest absolute Gasteiger partial charge is 0.160 e. The molecule has 2 rings (SSSR count). The average molecular weight is 345 g/mol. The third-order valence-corrected chi connectivity index (χ3v) is 4.58. The van der Waals surface area contributed by atoms with E-state index in [1.807, 2.05) is 25.1 Å². The molecule has 0 aliphatic carbocycles. The van der Waals surface area contributed by atoms with Crippen LogP contribution < -0.4 is 14.8 Å². The molecule has 1 N–H and O–H groups in total. The number of furan rings is 1. The maximum Gasteiger partial charge on any atom is 0.160 e. The standard InChI is InChI=1S/C21H31NO3/c1-15(14-21(3,4)20-10-7-16(2)25-20)22-12-11-17-8-9-18(23-5)19(13-17)24-6/h7-10,13,15,22H,11-12,14H2,1-6H3/t15-/m0/s1. The van der Waals surface area contributed by atoms with Gasteiger partial charge < -0.3 is 19.2 Å². The predicted octanol–water partition coefficient (Wildman–Crippen LogP) is 4.49. The molecule has 1 heterocycles. The first-order valence-electron chi connectivity index (χ1n) is 8.87. The molecule has 4 nitrogen and oxygen atoms in total. The number of methoxy groups -OCH3 is 2. The number of hydrogen-bond donors (Lipinski definition) is 1. The van der Waals surface area contributed by atoms with Crippen LogP contribution in [0.4, 0.5) is 0 Å². The van der Waals surface area contributed by atoms with Crippen LogP contribution in [-0.4, -0.2) is 26.8 Å². The second-order valence-corrected chi connectivity index (χ2v) is 7.29. The Hall–Kier alpha value is -1.94. The predicted molar refractivity (Wildman–Crippen MR) is 102 cm³/mol. The van der Waals surface area contributed by atoms with Crippen molar-refractivity contribution in [3.05, 3.63) is 47.4 Å². The van der Waals surface area contributed by atoms with Crippen molar-refractivity contribution in [2.45, 2.75) is 52.0 Å². The molecule has 0 saturated carbocycles. The Morgan fingerprint density at radius 1 is 1.08 bits per heavy atom. The zero-order valence-corrected chi connectivity index (χ0v) is 16.3. The molecule has 2 aromatic rings. The zero-order chi connectivity index (χ0) is 18.4. The fourth-order valence-corrected chi connectivity index (χ4v) is 3.24. The van der Waals surface area contributed by atoms with Gasteiger partial charge in [0.25, 0.3) is 0 Å². The van der Waals surface area contributed by atoms with Crippen molar-refractivity contribution in [3.8, 4) is 11.5 Å². The number of aryl methyl sites for hydroxylation is 1. The van der Waals surface area contributed by atoms with E-state index in [0.717, 1.165) is 42.4 Å². The molecule has 0 amide bonds. The summed E-state index contributed by atoms with van der Waals surface area (Å²) in [5, 5.41) is 3.62. The molecule has 0 aliphatic heterocycles. The van der Waals surface area contributed by atoms with E-state index in [1.165, 1.54) is 5.56 Å². The second-order valence-electron chi connectivity index (χ2n) is 7.29. The summed E-state index contributed by atoms with van der Waals surface area (Å²) in [4.78, 5) is 0. The number of nitrogens with one attached hydrogen (secondary N) is 1. The molecule has 0 fully saturated rings. The lowest BCUT2D eigenvalue weighted by Crippen LogP contribution is -2.34. The Balaban J connectivity index is 1.85. The van der Waals surface area contributed by atoms with Crippen molar-refractivity contribution >= 4 is 0 Å². The van der Waals surface area contributed by atoms with Crippen molar-refractivity contribution < 1.29 is 13.9 Å². The highest BCUT2D eigenvalue weighted by Gasteiger charge is 2.26. The molecule has 0 saturated heterocycles. The minimum absolute atomic E-state index is 0.0179. The highest BCUT2D eigenvalue weighted by molar-refractivity contribution is 5.42. The maximum absolute atomic E-state index is 5.82.